The molecule has 1 aromatic heterocycles. The van der Waals surface area contributed by atoms with E-state index in [9.17, 15) is 9.59 Å². The van der Waals surface area contributed by atoms with Crippen LogP contribution in [0.3, 0.4) is 0 Å². The van der Waals surface area contributed by atoms with E-state index < -0.39 is 5.60 Å². The van der Waals surface area contributed by atoms with E-state index in [1.807, 2.05) is 63.8 Å². The van der Waals surface area contributed by atoms with Gasteiger partial charge in [-0.2, -0.15) is 5.10 Å². The van der Waals surface area contributed by atoms with Crippen molar-refractivity contribution in [1.82, 2.24) is 19.6 Å². The molecule has 3 rings (SSSR count). The second-order valence-corrected chi connectivity index (χ2v) is 10.4. The number of carbonyl (C=O) groups excluding carboxylic acids is 2. The average molecular weight is 475 g/mol. The fourth-order valence-electron chi connectivity index (χ4n) is 4.13. The zero-order chi connectivity index (χ0) is 24.3. The third-order valence-corrected chi connectivity index (χ3v) is 6.16. The molecule has 2 amide bonds. The number of halogens is 1. The second kappa shape index (κ2) is 10.2. The maximum atomic E-state index is 13.4. The molecule has 8 heteroatoms. The van der Waals surface area contributed by atoms with Crippen molar-refractivity contribution in [1.29, 1.82) is 0 Å². The Kier molecular flexibility index (Phi) is 7.73. The number of aryl methyl sites for hydroxylation is 2. The van der Waals surface area contributed by atoms with Crippen molar-refractivity contribution < 1.29 is 14.3 Å². The Balaban J connectivity index is 1.67. The lowest BCUT2D eigenvalue weighted by Crippen LogP contribution is -2.45. The van der Waals surface area contributed by atoms with Crippen LogP contribution in [0.15, 0.2) is 24.3 Å². The number of nitrogens with zero attached hydrogens (tertiary/aromatic N) is 4. The molecule has 180 valence electrons. The first-order valence-electron chi connectivity index (χ1n) is 11.5. The topological polar surface area (TPSA) is 67.7 Å². The highest BCUT2D eigenvalue weighted by atomic mass is 35.5. The number of likely N-dealkylation sites (tertiary alicyclic amines) is 1. The highest BCUT2D eigenvalue weighted by molar-refractivity contribution is 6.33. The molecular weight excluding hydrogens is 440 g/mol. The van der Waals surface area contributed by atoms with Crippen molar-refractivity contribution >= 4 is 23.6 Å². The molecule has 0 radical (unpaired) electrons. The smallest absolute Gasteiger partial charge is 0.410 e. The fourth-order valence-corrected chi connectivity index (χ4v) is 4.44. The summed E-state index contributed by atoms with van der Waals surface area (Å²) in [6, 6.07) is 8.18. The first-order chi connectivity index (χ1) is 15.4. The largest absolute Gasteiger partial charge is 0.444 e. The Bertz CT molecular complexity index is 994. The van der Waals surface area contributed by atoms with Gasteiger partial charge in [-0.25, -0.2) is 9.48 Å². The van der Waals surface area contributed by atoms with Crippen LogP contribution in [0, 0.1) is 19.8 Å². The van der Waals surface area contributed by atoms with Gasteiger partial charge in [-0.05, 0) is 58.9 Å². The number of hydrogen-bond donors (Lipinski definition) is 0. The molecular formula is C25H35ClN4O3. The van der Waals surface area contributed by atoms with Crippen LogP contribution in [-0.2, 0) is 11.3 Å². The van der Waals surface area contributed by atoms with Crippen molar-refractivity contribution in [2.75, 3.05) is 26.7 Å². The molecule has 1 saturated heterocycles. The van der Waals surface area contributed by atoms with Gasteiger partial charge in [0.1, 0.15) is 10.8 Å². The molecule has 0 spiro atoms. The lowest BCUT2D eigenvalue weighted by atomic mass is 9.97. The number of hydrogen-bond acceptors (Lipinski definition) is 4. The van der Waals surface area contributed by atoms with Crippen LogP contribution >= 0.6 is 11.6 Å². The summed E-state index contributed by atoms with van der Waals surface area (Å²) in [6.45, 7) is 11.7. The van der Waals surface area contributed by atoms with Crippen LogP contribution in [-0.4, -0.2) is 63.9 Å². The average Bonchev–Trinajstić information content (AvgIpc) is 3.01. The molecule has 0 saturated carbocycles. The van der Waals surface area contributed by atoms with Gasteiger partial charge >= 0.3 is 6.09 Å². The molecule has 1 aliphatic heterocycles. The molecule has 0 N–H and O–H groups in total. The molecule has 0 bridgehead atoms. The van der Waals surface area contributed by atoms with E-state index in [1.54, 1.807) is 16.6 Å². The highest BCUT2D eigenvalue weighted by Gasteiger charge is 2.31. The van der Waals surface area contributed by atoms with Gasteiger partial charge in [0.15, 0.2) is 0 Å². The Morgan fingerprint density at radius 1 is 1.21 bits per heavy atom. The predicted molar refractivity (Wildman–Crippen MR) is 130 cm³/mol. The number of aromatic nitrogens is 2. The van der Waals surface area contributed by atoms with Crippen molar-refractivity contribution in [3.8, 4) is 0 Å². The van der Waals surface area contributed by atoms with E-state index in [-0.39, 0.29) is 17.9 Å². The Morgan fingerprint density at radius 2 is 1.88 bits per heavy atom. The summed E-state index contributed by atoms with van der Waals surface area (Å²) in [5, 5.41) is 4.90. The van der Waals surface area contributed by atoms with E-state index in [1.165, 1.54) is 5.56 Å². The predicted octanol–water partition coefficient (Wildman–Crippen LogP) is 4.92. The maximum Gasteiger partial charge on any atom is 0.410 e. The summed E-state index contributed by atoms with van der Waals surface area (Å²) in [7, 11) is 1.74. The zero-order valence-electron chi connectivity index (χ0n) is 20.5. The van der Waals surface area contributed by atoms with E-state index in [0.717, 1.165) is 18.4 Å². The van der Waals surface area contributed by atoms with Crippen LogP contribution in [0.1, 0.15) is 60.8 Å². The van der Waals surface area contributed by atoms with E-state index in [4.69, 9.17) is 16.3 Å². The molecule has 33 heavy (non-hydrogen) atoms. The van der Waals surface area contributed by atoms with Gasteiger partial charge in [-0.15, -0.1) is 0 Å². The van der Waals surface area contributed by atoms with Gasteiger partial charge in [-0.1, -0.05) is 41.4 Å². The van der Waals surface area contributed by atoms with E-state index in [2.05, 4.69) is 5.10 Å². The summed E-state index contributed by atoms with van der Waals surface area (Å²) in [4.78, 5) is 29.1. The third-order valence-electron chi connectivity index (χ3n) is 5.78. The lowest BCUT2D eigenvalue weighted by molar-refractivity contribution is 0.0244. The minimum atomic E-state index is -0.535. The summed E-state index contributed by atoms with van der Waals surface area (Å²) >= 11 is 6.63. The van der Waals surface area contributed by atoms with Crippen LogP contribution in [0.25, 0.3) is 0 Å². The molecule has 1 aromatic carbocycles. The molecule has 1 fully saturated rings. The van der Waals surface area contributed by atoms with Gasteiger partial charge in [-0.3, -0.25) is 4.79 Å². The number of amides is 2. The van der Waals surface area contributed by atoms with E-state index in [0.29, 0.717) is 42.6 Å². The Hall–Kier alpha value is -2.54. The van der Waals surface area contributed by atoms with Gasteiger partial charge in [0.05, 0.1) is 17.8 Å². The normalized spacial score (nSPS) is 16.6. The minimum absolute atomic E-state index is 0.0997. The van der Waals surface area contributed by atoms with Gasteiger partial charge in [0, 0.05) is 26.7 Å². The molecule has 1 unspecified atom stereocenters. The zero-order valence-corrected chi connectivity index (χ0v) is 21.3. The van der Waals surface area contributed by atoms with E-state index >= 15 is 0 Å². The van der Waals surface area contributed by atoms with Crippen LogP contribution in [0.2, 0.25) is 5.15 Å². The molecule has 1 atom stereocenters. The number of piperidine rings is 1. The summed E-state index contributed by atoms with van der Waals surface area (Å²) in [6.07, 6.45) is 1.49. The SMILES string of the molecule is Cc1ccc(Cn2nc(C)c(C(=O)N3CCCC(CN(C)C(=O)OC(C)(C)C)C3)c2Cl)cc1. The quantitative estimate of drug-likeness (QED) is 0.616. The van der Waals surface area contributed by atoms with Crippen molar-refractivity contribution in [2.45, 2.75) is 59.6 Å². The van der Waals surface area contributed by atoms with Crippen molar-refractivity contribution in [3.63, 3.8) is 0 Å². The first kappa shape index (κ1) is 25.1. The standard InChI is InChI=1S/C25H35ClN4O3/c1-17-9-11-19(12-10-17)16-30-22(26)21(18(2)27-30)23(31)29-13-7-8-20(15-29)14-28(6)24(32)33-25(3,4)5/h9-12,20H,7-8,13-16H2,1-6H3. The van der Waals surface area contributed by atoms with Crippen molar-refractivity contribution in [2.24, 2.45) is 5.92 Å². The molecule has 2 heterocycles. The highest BCUT2D eigenvalue weighted by Crippen LogP contribution is 2.26. The second-order valence-electron chi connectivity index (χ2n) is 10.0. The summed E-state index contributed by atoms with van der Waals surface area (Å²) in [5.41, 5.74) is 2.82. The van der Waals surface area contributed by atoms with Gasteiger partial charge < -0.3 is 14.5 Å². The molecule has 1 aliphatic rings. The lowest BCUT2D eigenvalue weighted by Gasteiger charge is -2.35. The number of ether oxygens (including phenoxy) is 1. The Labute approximate surface area is 201 Å². The maximum absolute atomic E-state index is 13.4. The van der Waals surface area contributed by atoms with Crippen LogP contribution in [0.4, 0.5) is 4.79 Å². The molecule has 2 aromatic rings. The number of carbonyl (C=O) groups is 2. The number of rotatable bonds is 5. The number of benzene rings is 1. The van der Waals surface area contributed by atoms with Gasteiger partial charge in [0.2, 0.25) is 0 Å². The monoisotopic (exact) mass is 474 g/mol. The van der Waals surface area contributed by atoms with Crippen LogP contribution in [0.5, 0.6) is 0 Å². The van der Waals surface area contributed by atoms with Gasteiger partial charge in [0.25, 0.3) is 5.91 Å². The third kappa shape index (κ3) is 6.50. The first-order valence-corrected chi connectivity index (χ1v) is 11.8. The minimum Gasteiger partial charge on any atom is -0.444 e. The molecule has 7 nitrogen and oxygen atoms in total. The Morgan fingerprint density at radius 3 is 2.52 bits per heavy atom. The van der Waals surface area contributed by atoms with Crippen LogP contribution < -0.4 is 0 Å². The van der Waals surface area contributed by atoms with Crippen molar-refractivity contribution in [3.05, 3.63) is 51.8 Å². The summed E-state index contributed by atoms with van der Waals surface area (Å²) < 4.78 is 7.14. The summed E-state index contributed by atoms with van der Waals surface area (Å²) in [5.74, 6) is 0.0826. The fraction of sp³-hybridized carbons (Fsp3) is 0.560. The molecule has 0 aliphatic carbocycles.